The minimum Gasteiger partial charge on any atom is -0.380 e. The van der Waals surface area contributed by atoms with Gasteiger partial charge in [-0.05, 0) is 31.1 Å². The van der Waals surface area contributed by atoms with Crippen molar-refractivity contribution in [1.82, 2.24) is 0 Å². The van der Waals surface area contributed by atoms with E-state index in [1.165, 1.54) is 44.9 Å². The molecule has 0 heterocycles. The number of hydrogen-bond acceptors (Lipinski definition) is 2. The first-order valence-electron chi connectivity index (χ1n) is 6.19. The molecule has 0 bridgehead atoms. The molecule has 2 heteroatoms. The maximum atomic E-state index is 6.09. The minimum absolute atomic E-state index is 0.303. The summed E-state index contributed by atoms with van der Waals surface area (Å²) in [6, 6.07) is 0.303. The summed E-state index contributed by atoms with van der Waals surface area (Å²) in [7, 11) is 0. The van der Waals surface area contributed by atoms with Gasteiger partial charge in [-0.25, -0.2) is 0 Å². The Morgan fingerprint density at radius 1 is 1.14 bits per heavy atom. The molecule has 14 heavy (non-hydrogen) atoms. The SMILES string of the molecule is NC(COCCC1CC1)C1CCCC1. The second kappa shape index (κ2) is 5.13. The fourth-order valence-corrected chi connectivity index (χ4v) is 2.40. The summed E-state index contributed by atoms with van der Waals surface area (Å²) in [6.07, 6.45) is 9.52. The van der Waals surface area contributed by atoms with Crippen molar-refractivity contribution in [2.75, 3.05) is 13.2 Å². The highest BCUT2D eigenvalue weighted by Crippen LogP contribution is 2.32. The Bertz CT molecular complexity index is 162. The summed E-state index contributed by atoms with van der Waals surface area (Å²) in [5.74, 6) is 1.73. The van der Waals surface area contributed by atoms with Gasteiger partial charge in [0.15, 0.2) is 0 Å². The number of ether oxygens (including phenoxy) is 1. The number of rotatable bonds is 6. The molecule has 2 fully saturated rings. The minimum atomic E-state index is 0.303. The van der Waals surface area contributed by atoms with Crippen molar-refractivity contribution in [3.05, 3.63) is 0 Å². The molecule has 2 rings (SSSR count). The Morgan fingerprint density at radius 2 is 1.86 bits per heavy atom. The zero-order chi connectivity index (χ0) is 9.80. The van der Waals surface area contributed by atoms with E-state index in [2.05, 4.69) is 0 Å². The van der Waals surface area contributed by atoms with Crippen LogP contribution in [0.5, 0.6) is 0 Å². The van der Waals surface area contributed by atoms with Gasteiger partial charge in [0, 0.05) is 12.6 Å². The third kappa shape index (κ3) is 3.25. The first-order chi connectivity index (χ1) is 6.86. The van der Waals surface area contributed by atoms with E-state index >= 15 is 0 Å². The lowest BCUT2D eigenvalue weighted by atomic mass is 10.00. The zero-order valence-corrected chi connectivity index (χ0v) is 9.08. The Morgan fingerprint density at radius 3 is 2.50 bits per heavy atom. The monoisotopic (exact) mass is 197 g/mol. The Hall–Kier alpha value is -0.0800. The molecule has 0 aromatic rings. The molecule has 2 aliphatic rings. The van der Waals surface area contributed by atoms with Gasteiger partial charge in [0.05, 0.1) is 6.61 Å². The summed E-state index contributed by atoms with van der Waals surface area (Å²) >= 11 is 0. The largest absolute Gasteiger partial charge is 0.380 e. The van der Waals surface area contributed by atoms with E-state index < -0.39 is 0 Å². The van der Waals surface area contributed by atoms with Crippen molar-refractivity contribution in [3.63, 3.8) is 0 Å². The van der Waals surface area contributed by atoms with Crippen molar-refractivity contribution in [1.29, 1.82) is 0 Å². The van der Waals surface area contributed by atoms with Crippen LogP contribution in [0.15, 0.2) is 0 Å². The smallest absolute Gasteiger partial charge is 0.0620 e. The highest BCUT2D eigenvalue weighted by molar-refractivity contribution is 4.78. The lowest BCUT2D eigenvalue weighted by Crippen LogP contribution is -2.33. The molecule has 0 aromatic carbocycles. The molecule has 2 aliphatic carbocycles. The van der Waals surface area contributed by atoms with Gasteiger partial charge in [-0.3, -0.25) is 0 Å². The second-order valence-electron chi connectivity index (χ2n) is 5.02. The molecule has 0 aromatic heterocycles. The van der Waals surface area contributed by atoms with Crippen LogP contribution in [0.25, 0.3) is 0 Å². The molecule has 2 saturated carbocycles. The van der Waals surface area contributed by atoms with Crippen LogP contribution in [0.4, 0.5) is 0 Å². The zero-order valence-electron chi connectivity index (χ0n) is 9.08. The first-order valence-corrected chi connectivity index (χ1v) is 6.19. The molecule has 0 saturated heterocycles. The van der Waals surface area contributed by atoms with Crippen LogP contribution < -0.4 is 5.73 Å². The van der Waals surface area contributed by atoms with Gasteiger partial charge in [0.2, 0.25) is 0 Å². The van der Waals surface area contributed by atoms with Crippen molar-refractivity contribution < 1.29 is 4.74 Å². The molecule has 1 unspecified atom stereocenters. The van der Waals surface area contributed by atoms with Crippen LogP contribution in [0.1, 0.15) is 44.9 Å². The van der Waals surface area contributed by atoms with Crippen LogP contribution in [0.2, 0.25) is 0 Å². The average molecular weight is 197 g/mol. The molecule has 0 spiro atoms. The predicted octanol–water partition coefficient (Wildman–Crippen LogP) is 2.32. The predicted molar refractivity (Wildman–Crippen MR) is 58.1 cm³/mol. The maximum Gasteiger partial charge on any atom is 0.0620 e. The highest BCUT2D eigenvalue weighted by Gasteiger charge is 2.23. The van der Waals surface area contributed by atoms with E-state index in [9.17, 15) is 0 Å². The maximum absolute atomic E-state index is 6.09. The molecular formula is C12H23NO. The average Bonchev–Trinajstić information content (AvgIpc) is 2.84. The summed E-state index contributed by atoms with van der Waals surface area (Å²) < 4.78 is 5.63. The number of hydrogen-bond donors (Lipinski definition) is 1. The summed E-state index contributed by atoms with van der Waals surface area (Å²) in [6.45, 7) is 1.72. The van der Waals surface area contributed by atoms with Crippen molar-refractivity contribution in [2.24, 2.45) is 17.6 Å². The first kappa shape index (κ1) is 10.4. The van der Waals surface area contributed by atoms with Gasteiger partial charge < -0.3 is 10.5 Å². The topological polar surface area (TPSA) is 35.2 Å². The van der Waals surface area contributed by atoms with Crippen molar-refractivity contribution in [3.8, 4) is 0 Å². The molecule has 82 valence electrons. The Balaban J connectivity index is 1.50. The summed E-state index contributed by atoms with van der Waals surface area (Å²) in [5, 5.41) is 0. The van der Waals surface area contributed by atoms with Gasteiger partial charge in [-0.15, -0.1) is 0 Å². The fraction of sp³-hybridized carbons (Fsp3) is 1.00. The molecule has 0 amide bonds. The molecule has 2 N–H and O–H groups in total. The summed E-state index contributed by atoms with van der Waals surface area (Å²) in [5.41, 5.74) is 6.09. The van der Waals surface area contributed by atoms with Gasteiger partial charge in [-0.1, -0.05) is 25.7 Å². The summed E-state index contributed by atoms with van der Waals surface area (Å²) in [4.78, 5) is 0. The van der Waals surface area contributed by atoms with Crippen LogP contribution in [-0.4, -0.2) is 19.3 Å². The van der Waals surface area contributed by atoms with E-state index in [1.54, 1.807) is 0 Å². The Labute approximate surface area is 87.2 Å². The van der Waals surface area contributed by atoms with Crippen LogP contribution in [0.3, 0.4) is 0 Å². The molecule has 1 atom stereocenters. The van der Waals surface area contributed by atoms with Gasteiger partial charge in [-0.2, -0.15) is 0 Å². The van der Waals surface area contributed by atoms with Gasteiger partial charge in [0.1, 0.15) is 0 Å². The molecule has 0 radical (unpaired) electrons. The highest BCUT2D eigenvalue weighted by atomic mass is 16.5. The van der Waals surface area contributed by atoms with Crippen LogP contribution in [-0.2, 0) is 4.74 Å². The van der Waals surface area contributed by atoms with Crippen molar-refractivity contribution in [2.45, 2.75) is 51.0 Å². The molecule has 2 nitrogen and oxygen atoms in total. The van der Waals surface area contributed by atoms with E-state index in [0.717, 1.165) is 25.0 Å². The van der Waals surface area contributed by atoms with E-state index in [0.29, 0.717) is 6.04 Å². The third-order valence-corrected chi connectivity index (χ3v) is 3.68. The van der Waals surface area contributed by atoms with Crippen molar-refractivity contribution >= 4 is 0 Å². The second-order valence-corrected chi connectivity index (χ2v) is 5.02. The third-order valence-electron chi connectivity index (χ3n) is 3.68. The fourth-order valence-electron chi connectivity index (χ4n) is 2.40. The lowest BCUT2D eigenvalue weighted by Gasteiger charge is -2.18. The van der Waals surface area contributed by atoms with Gasteiger partial charge >= 0.3 is 0 Å². The molecular weight excluding hydrogens is 174 g/mol. The quantitative estimate of drug-likeness (QED) is 0.663. The lowest BCUT2D eigenvalue weighted by molar-refractivity contribution is 0.101. The van der Waals surface area contributed by atoms with Crippen LogP contribution in [0, 0.1) is 11.8 Å². The Kier molecular flexibility index (Phi) is 3.82. The molecule has 0 aliphatic heterocycles. The van der Waals surface area contributed by atoms with E-state index in [1.807, 2.05) is 0 Å². The van der Waals surface area contributed by atoms with E-state index in [4.69, 9.17) is 10.5 Å². The number of nitrogens with two attached hydrogens (primary N) is 1. The van der Waals surface area contributed by atoms with Gasteiger partial charge in [0.25, 0.3) is 0 Å². The van der Waals surface area contributed by atoms with Crippen LogP contribution >= 0.6 is 0 Å². The van der Waals surface area contributed by atoms with E-state index in [-0.39, 0.29) is 0 Å². The standard InChI is InChI=1S/C12H23NO/c13-12(11-3-1-2-4-11)9-14-8-7-10-5-6-10/h10-12H,1-9,13H2. The normalized spacial score (nSPS) is 25.5.